The summed E-state index contributed by atoms with van der Waals surface area (Å²) in [5.74, 6) is -1.51. The van der Waals surface area contributed by atoms with Crippen molar-refractivity contribution >= 4 is 33.3 Å². The van der Waals surface area contributed by atoms with Crippen molar-refractivity contribution in [2.45, 2.75) is 40.9 Å². The van der Waals surface area contributed by atoms with Crippen molar-refractivity contribution in [2.75, 3.05) is 6.54 Å². The van der Waals surface area contributed by atoms with Gasteiger partial charge in [-0.15, -0.1) is 0 Å². The number of benzene rings is 2. The summed E-state index contributed by atoms with van der Waals surface area (Å²) in [7, 11) is -3.88. The summed E-state index contributed by atoms with van der Waals surface area (Å²) in [6.07, 6.45) is 1.10. The fourth-order valence-electron chi connectivity index (χ4n) is 4.12. The molecular formula is C21H20ClNO5S. The number of hydrogen-bond donors (Lipinski definition) is 1. The summed E-state index contributed by atoms with van der Waals surface area (Å²) in [6.45, 7) is -0.155. The molecule has 0 radical (unpaired) electrons. The highest BCUT2D eigenvalue weighted by Gasteiger charge is 2.57. The van der Waals surface area contributed by atoms with Crippen LogP contribution in [-0.2, 0) is 24.8 Å². The normalized spacial score (nSPS) is 23.0. The van der Waals surface area contributed by atoms with E-state index in [-0.39, 0.29) is 28.8 Å². The van der Waals surface area contributed by atoms with Gasteiger partial charge in [0.25, 0.3) is 0 Å². The minimum atomic E-state index is -3.88. The number of carboxylic acids is 1. The molecule has 0 bridgehead atoms. The second-order valence-corrected chi connectivity index (χ2v) is 10.2. The summed E-state index contributed by atoms with van der Waals surface area (Å²) >= 11 is 6.07. The van der Waals surface area contributed by atoms with Gasteiger partial charge in [-0.25, -0.2) is 13.2 Å². The van der Waals surface area contributed by atoms with E-state index in [0.29, 0.717) is 12.8 Å². The van der Waals surface area contributed by atoms with Crippen LogP contribution < -0.4 is 0 Å². The van der Waals surface area contributed by atoms with E-state index in [0.717, 1.165) is 5.56 Å². The Labute approximate surface area is 174 Å². The van der Waals surface area contributed by atoms with Crippen molar-refractivity contribution in [2.24, 2.45) is 0 Å². The number of rotatable bonds is 5. The molecule has 2 aliphatic rings. The number of likely N-dealkylation sites (tertiary alicyclic amines) is 1. The number of carbonyl (C=O) groups excluding carboxylic acids is 1. The van der Waals surface area contributed by atoms with Gasteiger partial charge in [0.2, 0.25) is 5.91 Å². The zero-order valence-electron chi connectivity index (χ0n) is 15.5. The van der Waals surface area contributed by atoms with Gasteiger partial charge in [-0.2, -0.15) is 0 Å². The lowest BCUT2D eigenvalue weighted by Crippen LogP contribution is -2.46. The van der Waals surface area contributed by atoms with E-state index >= 15 is 0 Å². The fraction of sp³-hybridized carbons (Fsp3) is 0.333. The standard InChI is InChI=1S/C21H20ClNO5S/c22-16-8-4-5-9-18(16)29(27,28)15-12-17(19(24)25)23(13-15)20(26)21(10-11-21)14-6-2-1-3-7-14/h1-9,15,17H,10-13H2,(H,24,25)/t15-,17+/m1/s1. The molecule has 6 nitrogen and oxygen atoms in total. The zero-order chi connectivity index (χ0) is 20.8. The Morgan fingerprint density at radius 3 is 2.24 bits per heavy atom. The first-order valence-electron chi connectivity index (χ1n) is 9.35. The molecule has 0 spiro atoms. The summed E-state index contributed by atoms with van der Waals surface area (Å²) in [5.41, 5.74) is 0.0874. The van der Waals surface area contributed by atoms with Crippen molar-refractivity contribution in [3.8, 4) is 0 Å². The molecule has 29 heavy (non-hydrogen) atoms. The predicted octanol–water partition coefficient (Wildman–Crippen LogP) is 2.90. The molecule has 152 valence electrons. The second-order valence-electron chi connectivity index (χ2n) is 7.59. The summed E-state index contributed by atoms with van der Waals surface area (Å²) in [6, 6.07) is 14.2. The lowest BCUT2D eigenvalue weighted by atomic mass is 9.94. The van der Waals surface area contributed by atoms with Crippen LogP contribution in [0.1, 0.15) is 24.8 Å². The van der Waals surface area contributed by atoms with E-state index in [1.807, 2.05) is 30.3 Å². The quantitative estimate of drug-likeness (QED) is 0.782. The Morgan fingerprint density at radius 1 is 1.03 bits per heavy atom. The maximum absolute atomic E-state index is 13.4. The van der Waals surface area contributed by atoms with Crippen LogP contribution in [0.2, 0.25) is 5.02 Å². The monoisotopic (exact) mass is 433 g/mol. The molecule has 2 fully saturated rings. The predicted molar refractivity (Wildman–Crippen MR) is 108 cm³/mol. The molecule has 1 heterocycles. The van der Waals surface area contributed by atoms with Gasteiger partial charge < -0.3 is 10.0 Å². The molecule has 1 aliphatic heterocycles. The van der Waals surface area contributed by atoms with Crippen molar-refractivity contribution in [1.29, 1.82) is 0 Å². The topological polar surface area (TPSA) is 91.8 Å². The number of halogens is 1. The van der Waals surface area contributed by atoms with Crippen LogP contribution in [0, 0.1) is 0 Å². The minimum Gasteiger partial charge on any atom is -0.480 e. The average molecular weight is 434 g/mol. The van der Waals surface area contributed by atoms with Gasteiger partial charge >= 0.3 is 5.97 Å². The Balaban J connectivity index is 1.66. The van der Waals surface area contributed by atoms with E-state index in [4.69, 9.17) is 11.6 Å². The minimum absolute atomic E-state index is 0.0331. The number of carboxylic acid groups (broad SMARTS) is 1. The molecule has 4 rings (SSSR count). The first kappa shape index (κ1) is 19.9. The van der Waals surface area contributed by atoms with Gasteiger partial charge in [-0.3, -0.25) is 4.79 Å². The molecule has 0 unspecified atom stereocenters. The van der Waals surface area contributed by atoms with E-state index < -0.39 is 32.5 Å². The molecule has 2 aromatic rings. The number of amides is 1. The van der Waals surface area contributed by atoms with E-state index in [9.17, 15) is 23.1 Å². The van der Waals surface area contributed by atoms with Crippen LogP contribution in [0.15, 0.2) is 59.5 Å². The third-order valence-electron chi connectivity index (χ3n) is 5.88. The van der Waals surface area contributed by atoms with Gasteiger partial charge in [-0.05, 0) is 37.0 Å². The zero-order valence-corrected chi connectivity index (χ0v) is 17.1. The highest BCUT2D eigenvalue weighted by atomic mass is 35.5. The number of sulfone groups is 1. The largest absolute Gasteiger partial charge is 0.480 e. The maximum Gasteiger partial charge on any atom is 0.326 e. The van der Waals surface area contributed by atoms with Crippen LogP contribution >= 0.6 is 11.6 Å². The van der Waals surface area contributed by atoms with E-state index in [1.54, 1.807) is 12.1 Å². The van der Waals surface area contributed by atoms with Crippen molar-refractivity contribution < 1.29 is 23.1 Å². The van der Waals surface area contributed by atoms with Crippen molar-refractivity contribution in [3.05, 3.63) is 65.2 Å². The second kappa shape index (κ2) is 7.15. The maximum atomic E-state index is 13.4. The lowest BCUT2D eigenvalue weighted by molar-refractivity contribution is -0.149. The highest BCUT2D eigenvalue weighted by molar-refractivity contribution is 7.92. The molecule has 2 aromatic carbocycles. The molecule has 8 heteroatoms. The molecule has 1 N–H and O–H groups in total. The van der Waals surface area contributed by atoms with Gasteiger partial charge in [0, 0.05) is 6.54 Å². The first-order valence-corrected chi connectivity index (χ1v) is 11.3. The Kier molecular flexibility index (Phi) is 4.91. The molecule has 1 saturated carbocycles. The summed E-state index contributed by atoms with van der Waals surface area (Å²) < 4.78 is 26.2. The van der Waals surface area contributed by atoms with Crippen LogP contribution in [0.25, 0.3) is 0 Å². The first-order chi connectivity index (χ1) is 13.8. The molecule has 1 aliphatic carbocycles. The van der Waals surface area contributed by atoms with Gasteiger partial charge in [-0.1, -0.05) is 54.1 Å². The van der Waals surface area contributed by atoms with Gasteiger partial charge in [0.15, 0.2) is 9.84 Å². The average Bonchev–Trinajstić information content (AvgIpc) is 3.39. The van der Waals surface area contributed by atoms with Crippen LogP contribution in [0.5, 0.6) is 0 Å². The van der Waals surface area contributed by atoms with Gasteiger partial charge in [0.1, 0.15) is 6.04 Å². The Bertz CT molecular complexity index is 1070. The summed E-state index contributed by atoms with van der Waals surface area (Å²) in [4.78, 5) is 26.4. The molecule has 1 saturated heterocycles. The van der Waals surface area contributed by atoms with Crippen LogP contribution in [0.3, 0.4) is 0 Å². The highest BCUT2D eigenvalue weighted by Crippen LogP contribution is 2.50. The number of nitrogens with zero attached hydrogens (tertiary/aromatic N) is 1. The summed E-state index contributed by atoms with van der Waals surface area (Å²) in [5, 5.41) is 8.76. The van der Waals surface area contributed by atoms with E-state index in [1.165, 1.54) is 17.0 Å². The van der Waals surface area contributed by atoms with Crippen LogP contribution in [0.4, 0.5) is 0 Å². The number of hydrogen-bond acceptors (Lipinski definition) is 4. The van der Waals surface area contributed by atoms with Crippen molar-refractivity contribution in [1.82, 2.24) is 4.90 Å². The van der Waals surface area contributed by atoms with Gasteiger partial charge in [0.05, 0.1) is 20.6 Å². The smallest absolute Gasteiger partial charge is 0.326 e. The third-order valence-corrected chi connectivity index (χ3v) is 8.51. The molecule has 1 amide bonds. The van der Waals surface area contributed by atoms with E-state index in [2.05, 4.69) is 0 Å². The fourth-order valence-corrected chi connectivity index (χ4v) is 6.34. The molecule has 0 aromatic heterocycles. The number of carbonyl (C=O) groups is 2. The third kappa shape index (κ3) is 3.32. The number of aliphatic carboxylic acids is 1. The molecule has 2 atom stereocenters. The Morgan fingerprint density at radius 2 is 1.66 bits per heavy atom. The van der Waals surface area contributed by atoms with Crippen LogP contribution in [-0.4, -0.2) is 48.1 Å². The Hall–Kier alpha value is -2.38. The van der Waals surface area contributed by atoms with Crippen molar-refractivity contribution in [3.63, 3.8) is 0 Å². The molecular weight excluding hydrogens is 414 g/mol. The lowest BCUT2D eigenvalue weighted by Gasteiger charge is -2.27. The SMILES string of the molecule is O=C(O)[C@@H]1C[C@@H](S(=O)(=O)c2ccccc2Cl)CN1C(=O)C1(c2ccccc2)CC1.